The van der Waals surface area contributed by atoms with Gasteiger partial charge >= 0.3 is 5.97 Å². The van der Waals surface area contributed by atoms with E-state index in [1.165, 1.54) is 7.11 Å². The SMILES string of the molecule is COC(=O)C1CCC[C@@H](N)C1. The highest BCUT2D eigenvalue weighted by molar-refractivity contribution is 5.72. The van der Waals surface area contributed by atoms with Crippen molar-refractivity contribution in [3.05, 3.63) is 0 Å². The van der Waals surface area contributed by atoms with Crippen LogP contribution < -0.4 is 5.73 Å². The van der Waals surface area contributed by atoms with Gasteiger partial charge in [-0.3, -0.25) is 4.79 Å². The molecule has 1 unspecified atom stereocenters. The van der Waals surface area contributed by atoms with Gasteiger partial charge in [-0.25, -0.2) is 0 Å². The van der Waals surface area contributed by atoms with E-state index in [0.717, 1.165) is 25.7 Å². The Labute approximate surface area is 66.9 Å². The summed E-state index contributed by atoms with van der Waals surface area (Å²) in [7, 11) is 1.43. The lowest BCUT2D eigenvalue weighted by Gasteiger charge is -2.24. The molecule has 0 spiro atoms. The topological polar surface area (TPSA) is 52.3 Å². The summed E-state index contributed by atoms with van der Waals surface area (Å²) in [5, 5.41) is 0. The molecule has 0 aromatic rings. The number of carbonyl (C=O) groups excluding carboxylic acids is 1. The largest absolute Gasteiger partial charge is 0.469 e. The van der Waals surface area contributed by atoms with E-state index < -0.39 is 0 Å². The van der Waals surface area contributed by atoms with Gasteiger partial charge in [0, 0.05) is 6.04 Å². The van der Waals surface area contributed by atoms with Gasteiger partial charge < -0.3 is 10.5 Å². The Kier molecular flexibility index (Phi) is 2.88. The minimum atomic E-state index is -0.0971. The Balaban J connectivity index is 2.39. The molecule has 0 aliphatic heterocycles. The van der Waals surface area contributed by atoms with Gasteiger partial charge in [0.2, 0.25) is 0 Å². The summed E-state index contributed by atoms with van der Waals surface area (Å²) in [6.07, 6.45) is 3.85. The minimum absolute atomic E-state index is 0.0590. The zero-order valence-electron chi connectivity index (χ0n) is 6.88. The first-order chi connectivity index (χ1) is 5.24. The number of carbonyl (C=O) groups is 1. The van der Waals surface area contributed by atoms with Crippen molar-refractivity contribution < 1.29 is 9.53 Å². The molecular weight excluding hydrogens is 142 g/mol. The van der Waals surface area contributed by atoms with E-state index in [2.05, 4.69) is 4.74 Å². The van der Waals surface area contributed by atoms with E-state index in [0.29, 0.717) is 0 Å². The van der Waals surface area contributed by atoms with Crippen LogP contribution in [-0.2, 0) is 9.53 Å². The molecule has 0 radical (unpaired) electrons. The molecule has 1 aliphatic rings. The van der Waals surface area contributed by atoms with Crippen molar-refractivity contribution in [3.8, 4) is 0 Å². The van der Waals surface area contributed by atoms with Crippen molar-refractivity contribution in [1.29, 1.82) is 0 Å². The Morgan fingerprint density at radius 3 is 2.82 bits per heavy atom. The van der Waals surface area contributed by atoms with Crippen molar-refractivity contribution in [2.24, 2.45) is 11.7 Å². The van der Waals surface area contributed by atoms with Gasteiger partial charge in [0.25, 0.3) is 0 Å². The summed E-state index contributed by atoms with van der Waals surface area (Å²) in [5.74, 6) is -0.0381. The van der Waals surface area contributed by atoms with Gasteiger partial charge in [0.15, 0.2) is 0 Å². The van der Waals surface area contributed by atoms with Gasteiger partial charge in [0.1, 0.15) is 0 Å². The van der Waals surface area contributed by atoms with Crippen LogP contribution in [0.15, 0.2) is 0 Å². The van der Waals surface area contributed by atoms with Crippen molar-refractivity contribution >= 4 is 5.97 Å². The van der Waals surface area contributed by atoms with Crippen LogP contribution in [-0.4, -0.2) is 19.1 Å². The molecule has 0 aromatic heterocycles. The lowest BCUT2D eigenvalue weighted by molar-refractivity contribution is -0.146. The molecule has 2 atom stereocenters. The highest BCUT2D eigenvalue weighted by Gasteiger charge is 2.25. The standard InChI is InChI=1S/C8H15NO2/c1-11-8(10)6-3-2-4-7(9)5-6/h6-7H,2-5,9H2,1H3/t6?,7-/m1/s1. The zero-order chi connectivity index (χ0) is 8.27. The van der Waals surface area contributed by atoms with Gasteiger partial charge in [-0.15, -0.1) is 0 Å². The number of hydrogen-bond acceptors (Lipinski definition) is 3. The summed E-state index contributed by atoms with van der Waals surface area (Å²) >= 11 is 0. The van der Waals surface area contributed by atoms with Gasteiger partial charge in [-0.1, -0.05) is 6.42 Å². The average molecular weight is 157 g/mol. The fourth-order valence-corrected chi connectivity index (χ4v) is 1.61. The maximum atomic E-state index is 11.0. The summed E-state index contributed by atoms with van der Waals surface area (Å²) in [4.78, 5) is 11.0. The lowest BCUT2D eigenvalue weighted by atomic mass is 9.86. The third-order valence-electron chi connectivity index (χ3n) is 2.25. The third-order valence-corrected chi connectivity index (χ3v) is 2.25. The van der Waals surface area contributed by atoms with Crippen molar-refractivity contribution in [3.63, 3.8) is 0 Å². The fourth-order valence-electron chi connectivity index (χ4n) is 1.61. The van der Waals surface area contributed by atoms with Crippen LogP contribution in [0.5, 0.6) is 0 Å². The van der Waals surface area contributed by atoms with E-state index in [1.807, 2.05) is 0 Å². The number of nitrogens with two attached hydrogens (primary N) is 1. The molecule has 0 bridgehead atoms. The van der Waals surface area contributed by atoms with E-state index in [9.17, 15) is 4.79 Å². The molecule has 1 fully saturated rings. The monoisotopic (exact) mass is 157 g/mol. The van der Waals surface area contributed by atoms with Crippen LogP contribution >= 0.6 is 0 Å². The molecule has 3 heteroatoms. The summed E-state index contributed by atoms with van der Waals surface area (Å²) in [5.41, 5.74) is 5.71. The van der Waals surface area contributed by atoms with Crippen molar-refractivity contribution in [1.82, 2.24) is 0 Å². The Morgan fingerprint density at radius 2 is 2.27 bits per heavy atom. The van der Waals surface area contributed by atoms with Crippen LogP contribution in [0.4, 0.5) is 0 Å². The molecule has 3 nitrogen and oxygen atoms in total. The maximum Gasteiger partial charge on any atom is 0.308 e. The molecular formula is C8H15NO2. The Bertz CT molecular complexity index is 147. The van der Waals surface area contributed by atoms with Crippen LogP contribution in [0.1, 0.15) is 25.7 Å². The number of hydrogen-bond donors (Lipinski definition) is 1. The summed E-state index contributed by atoms with van der Waals surface area (Å²) in [6, 6.07) is 0.202. The number of rotatable bonds is 1. The normalized spacial score (nSPS) is 31.5. The maximum absolute atomic E-state index is 11.0. The molecule has 64 valence electrons. The predicted octanol–water partition coefficient (Wildman–Crippen LogP) is 0.677. The quantitative estimate of drug-likeness (QED) is 0.569. The molecule has 0 amide bonds. The molecule has 1 aliphatic carbocycles. The first kappa shape index (κ1) is 8.53. The van der Waals surface area contributed by atoms with E-state index >= 15 is 0 Å². The summed E-state index contributed by atoms with van der Waals surface area (Å²) in [6.45, 7) is 0. The summed E-state index contributed by atoms with van der Waals surface area (Å²) < 4.78 is 4.64. The van der Waals surface area contributed by atoms with Crippen molar-refractivity contribution in [2.45, 2.75) is 31.7 Å². The highest BCUT2D eigenvalue weighted by Crippen LogP contribution is 2.23. The van der Waals surface area contributed by atoms with Gasteiger partial charge in [0.05, 0.1) is 13.0 Å². The van der Waals surface area contributed by atoms with E-state index in [4.69, 9.17) is 5.73 Å². The molecule has 2 N–H and O–H groups in total. The zero-order valence-corrected chi connectivity index (χ0v) is 6.88. The molecule has 1 saturated carbocycles. The molecule has 0 heterocycles. The first-order valence-electron chi connectivity index (χ1n) is 4.07. The second-order valence-corrected chi connectivity index (χ2v) is 3.15. The molecule has 0 aromatic carbocycles. The third kappa shape index (κ3) is 2.19. The van der Waals surface area contributed by atoms with Crippen LogP contribution in [0.2, 0.25) is 0 Å². The van der Waals surface area contributed by atoms with E-state index in [1.54, 1.807) is 0 Å². The number of esters is 1. The molecule has 11 heavy (non-hydrogen) atoms. The smallest absolute Gasteiger partial charge is 0.308 e. The Morgan fingerprint density at radius 1 is 1.55 bits per heavy atom. The van der Waals surface area contributed by atoms with Crippen LogP contribution in [0.3, 0.4) is 0 Å². The predicted molar refractivity (Wildman–Crippen MR) is 41.9 cm³/mol. The molecule has 0 saturated heterocycles. The van der Waals surface area contributed by atoms with Crippen molar-refractivity contribution in [2.75, 3.05) is 7.11 Å². The van der Waals surface area contributed by atoms with E-state index in [-0.39, 0.29) is 17.9 Å². The molecule has 1 rings (SSSR count). The number of ether oxygens (including phenoxy) is 1. The minimum Gasteiger partial charge on any atom is -0.469 e. The highest BCUT2D eigenvalue weighted by atomic mass is 16.5. The lowest BCUT2D eigenvalue weighted by Crippen LogP contribution is -2.32. The van der Waals surface area contributed by atoms with Gasteiger partial charge in [-0.2, -0.15) is 0 Å². The van der Waals surface area contributed by atoms with Crippen LogP contribution in [0, 0.1) is 5.92 Å². The van der Waals surface area contributed by atoms with Crippen LogP contribution in [0.25, 0.3) is 0 Å². The fraction of sp³-hybridized carbons (Fsp3) is 0.875. The Hall–Kier alpha value is -0.570. The average Bonchev–Trinajstić information content (AvgIpc) is 2.03. The second-order valence-electron chi connectivity index (χ2n) is 3.15. The second kappa shape index (κ2) is 3.72. The number of methoxy groups -OCH3 is 1. The van der Waals surface area contributed by atoms with Gasteiger partial charge in [-0.05, 0) is 19.3 Å². The first-order valence-corrected chi connectivity index (χ1v) is 4.07.